The molecule has 0 aliphatic heterocycles. The van der Waals surface area contributed by atoms with Crippen LogP contribution in [0.25, 0.3) is 0 Å². The summed E-state index contributed by atoms with van der Waals surface area (Å²) in [7, 11) is 0. The van der Waals surface area contributed by atoms with Crippen molar-refractivity contribution < 1.29 is 9.59 Å². The molecule has 1 aromatic heterocycles. The maximum atomic E-state index is 12.0. The highest BCUT2D eigenvalue weighted by atomic mass is 32.2. The molecule has 0 saturated heterocycles. The van der Waals surface area contributed by atoms with Crippen LogP contribution in [0.3, 0.4) is 0 Å². The zero-order valence-electron chi connectivity index (χ0n) is 14.5. The zero-order valence-corrected chi connectivity index (χ0v) is 15.4. The second-order valence-electron chi connectivity index (χ2n) is 5.62. The second-order valence-corrected chi connectivity index (χ2v) is 6.47. The van der Waals surface area contributed by atoms with Crippen molar-refractivity contribution in [2.75, 3.05) is 18.1 Å². The minimum Gasteiger partial charge on any atom is -0.356 e. The van der Waals surface area contributed by atoms with Gasteiger partial charge in [0.15, 0.2) is 0 Å². The number of aromatic nitrogens is 1. The van der Waals surface area contributed by atoms with Crippen LogP contribution in [-0.2, 0) is 16.0 Å². The van der Waals surface area contributed by atoms with Crippen LogP contribution in [0.2, 0.25) is 0 Å². The van der Waals surface area contributed by atoms with E-state index >= 15 is 0 Å². The Morgan fingerprint density at radius 2 is 1.80 bits per heavy atom. The molecule has 1 heterocycles. The van der Waals surface area contributed by atoms with Crippen molar-refractivity contribution in [2.24, 2.45) is 0 Å². The van der Waals surface area contributed by atoms with E-state index in [-0.39, 0.29) is 24.7 Å². The Labute approximate surface area is 152 Å². The van der Waals surface area contributed by atoms with Gasteiger partial charge in [0.05, 0.1) is 5.69 Å². The van der Waals surface area contributed by atoms with Crippen LogP contribution in [0.1, 0.15) is 24.2 Å². The first-order valence-electron chi connectivity index (χ1n) is 8.20. The van der Waals surface area contributed by atoms with E-state index in [4.69, 9.17) is 0 Å². The van der Waals surface area contributed by atoms with Gasteiger partial charge in [0, 0.05) is 42.1 Å². The number of para-hydroxylation sites is 1. The molecule has 25 heavy (non-hydrogen) atoms. The number of thioether (sulfide) groups is 1. The van der Waals surface area contributed by atoms with Crippen molar-refractivity contribution in [3.05, 3.63) is 53.9 Å². The molecule has 0 aliphatic rings. The number of aryl methyl sites for hydroxylation is 1. The Balaban J connectivity index is 1.69. The standard InChI is InChI=1S/C19H23N3O2S/c1-14-6-5-7-15(21-14)12-13-20-18(23)10-11-19(24)22-16-8-3-4-9-17(16)25-2/h3-9H,10-13H2,1-2H3,(H,20,23)(H,22,24). The molecule has 2 rings (SSSR count). The van der Waals surface area contributed by atoms with Crippen LogP contribution < -0.4 is 10.6 Å². The number of pyridine rings is 1. The third kappa shape index (κ3) is 6.58. The fraction of sp³-hybridized carbons (Fsp3) is 0.316. The molecule has 1 aromatic carbocycles. The molecule has 132 valence electrons. The maximum Gasteiger partial charge on any atom is 0.224 e. The Kier molecular flexibility index (Phi) is 7.47. The first kappa shape index (κ1) is 19.0. The second kappa shape index (κ2) is 9.84. The molecule has 0 bridgehead atoms. The predicted octanol–water partition coefficient (Wildman–Crippen LogP) is 3.19. The summed E-state index contributed by atoms with van der Waals surface area (Å²) < 4.78 is 0. The van der Waals surface area contributed by atoms with Crippen LogP contribution in [-0.4, -0.2) is 29.6 Å². The van der Waals surface area contributed by atoms with E-state index in [1.165, 1.54) is 0 Å². The maximum absolute atomic E-state index is 12.0. The average molecular weight is 357 g/mol. The fourth-order valence-corrected chi connectivity index (χ4v) is 2.90. The fourth-order valence-electron chi connectivity index (χ4n) is 2.34. The summed E-state index contributed by atoms with van der Waals surface area (Å²) in [4.78, 5) is 29.3. The Morgan fingerprint density at radius 1 is 1.04 bits per heavy atom. The smallest absolute Gasteiger partial charge is 0.224 e. The summed E-state index contributed by atoms with van der Waals surface area (Å²) in [6.45, 7) is 2.46. The van der Waals surface area contributed by atoms with Crippen LogP contribution in [0.5, 0.6) is 0 Å². The lowest BCUT2D eigenvalue weighted by atomic mass is 10.2. The molecule has 2 N–H and O–H groups in total. The predicted molar refractivity (Wildman–Crippen MR) is 102 cm³/mol. The molecule has 0 saturated carbocycles. The number of carbonyl (C=O) groups excluding carboxylic acids is 2. The zero-order chi connectivity index (χ0) is 18.1. The van der Waals surface area contributed by atoms with E-state index in [0.717, 1.165) is 22.0 Å². The summed E-state index contributed by atoms with van der Waals surface area (Å²) in [6.07, 6.45) is 2.98. The molecular weight excluding hydrogens is 334 g/mol. The Hall–Kier alpha value is -2.34. The summed E-state index contributed by atoms with van der Waals surface area (Å²) in [6, 6.07) is 13.5. The molecule has 0 atom stereocenters. The van der Waals surface area contributed by atoms with E-state index in [1.807, 2.05) is 55.6 Å². The van der Waals surface area contributed by atoms with Gasteiger partial charge < -0.3 is 10.6 Å². The van der Waals surface area contributed by atoms with E-state index in [9.17, 15) is 9.59 Å². The highest BCUT2D eigenvalue weighted by molar-refractivity contribution is 7.98. The minimum absolute atomic E-state index is 0.124. The van der Waals surface area contributed by atoms with Gasteiger partial charge in [-0.1, -0.05) is 18.2 Å². The van der Waals surface area contributed by atoms with Gasteiger partial charge in [0.25, 0.3) is 0 Å². The van der Waals surface area contributed by atoms with Gasteiger partial charge in [0.2, 0.25) is 11.8 Å². The summed E-state index contributed by atoms with van der Waals surface area (Å²) in [5.74, 6) is -0.280. The lowest BCUT2D eigenvalue weighted by Crippen LogP contribution is -2.27. The number of hydrogen-bond donors (Lipinski definition) is 2. The molecule has 2 amide bonds. The van der Waals surface area contributed by atoms with Crippen molar-refractivity contribution in [3.63, 3.8) is 0 Å². The summed E-state index contributed by atoms with van der Waals surface area (Å²) in [5, 5.41) is 5.68. The highest BCUT2D eigenvalue weighted by Gasteiger charge is 2.09. The average Bonchev–Trinajstić information content (AvgIpc) is 2.60. The monoisotopic (exact) mass is 357 g/mol. The first-order valence-corrected chi connectivity index (χ1v) is 9.43. The molecule has 5 nitrogen and oxygen atoms in total. The number of anilines is 1. The van der Waals surface area contributed by atoms with Crippen molar-refractivity contribution in [3.8, 4) is 0 Å². The van der Waals surface area contributed by atoms with Crippen molar-refractivity contribution in [2.45, 2.75) is 31.1 Å². The van der Waals surface area contributed by atoms with E-state index in [1.54, 1.807) is 11.8 Å². The summed E-state index contributed by atoms with van der Waals surface area (Å²) in [5.41, 5.74) is 2.70. The Bertz CT molecular complexity index is 734. The van der Waals surface area contributed by atoms with Crippen LogP contribution in [0.15, 0.2) is 47.4 Å². The molecule has 0 aliphatic carbocycles. The number of amides is 2. The lowest BCUT2D eigenvalue weighted by molar-refractivity contribution is -0.124. The topological polar surface area (TPSA) is 71.1 Å². The molecule has 0 unspecified atom stereocenters. The van der Waals surface area contributed by atoms with Gasteiger partial charge in [-0.3, -0.25) is 14.6 Å². The number of rotatable bonds is 8. The van der Waals surface area contributed by atoms with Gasteiger partial charge in [-0.15, -0.1) is 11.8 Å². The molecular formula is C19H23N3O2S. The van der Waals surface area contributed by atoms with Crippen LogP contribution >= 0.6 is 11.8 Å². The van der Waals surface area contributed by atoms with E-state index in [0.29, 0.717) is 13.0 Å². The normalized spacial score (nSPS) is 10.3. The van der Waals surface area contributed by atoms with Crippen molar-refractivity contribution in [1.82, 2.24) is 10.3 Å². The number of nitrogens with zero attached hydrogens (tertiary/aromatic N) is 1. The summed E-state index contributed by atoms with van der Waals surface area (Å²) >= 11 is 1.57. The SMILES string of the molecule is CSc1ccccc1NC(=O)CCC(=O)NCCc1cccc(C)n1. The van der Waals surface area contributed by atoms with Gasteiger partial charge in [-0.05, 0) is 37.4 Å². The highest BCUT2D eigenvalue weighted by Crippen LogP contribution is 2.24. The number of hydrogen-bond acceptors (Lipinski definition) is 4. The molecule has 0 fully saturated rings. The van der Waals surface area contributed by atoms with Gasteiger partial charge in [0.1, 0.15) is 0 Å². The van der Waals surface area contributed by atoms with Crippen LogP contribution in [0.4, 0.5) is 5.69 Å². The number of nitrogens with one attached hydrogen (secondary N) is 2. The largest absolute Gasteiger partial charge is 0.356 e. The minimum atomic E-state index is -0.156. The third-order valence-electron chi connectivity index (χ3n) is 3.61. The van der Waals surface area contributed by atoms with Crippen molar-refractivity contribution >= 4 is 29.3 Å². The van der Waals surface area contributed by atoms with E-state index < -0.39 is 0 Å². The third-order valence-corrected chi connectivity index (χ3v) is 4.41. The van der Waals surface area contributed by atoms with E-state index in [2.05, 4.69) is 15.6 Å². The lowest BCUT2D eigenvalue weighted by Gasteiger charge is -2.09. The molecule has 0 radical (unpaired) electrons. The molecule has 2 aromatic rings. The first-order chi connectivity index (χ1) is 12.1. The number of carbonyl (C=O) groups is 2. The quantitative estimate of drug-likeness (QED) is 0.712. The molecule has 6 heteroatoms. The molecule has 0 spiro atoms. The van der Waals surface area contributed by atoms with Crippen LogP contribution in [0, 0.1) is 6.92 Å². The van der Waals surface area contributed by atoms with Crippen molar-refractivity contribution in [1.29, 1.82) is 0 Å². The van der Waals surface area contributed by atoms with Gasteiger partial charge in [-0.25, -0.2) is 0 Å². The van der Waals surface area contributed by atoms with Gasteiger partial charge >= 0.3 is 0 Å². The number of benzene rings is 1. The van der Waals surface area contributed by atoms with Gasteiger partial charge in [-0.2, -0.15) is 0 Å². The Morgan fingerprint density at radius 3 is 2.56 bits per heavy atom.